The van der Waals surface area contributed by atoms with Gasteiger partial charge in [0.15, 0.2) is 5.69 Å². The number of benzene rings is 1. The molecule has 1 aromatic heterocycles. The number of nitrogens with zero attached hydrogens (tertiary/aromatic N) is 2. The molecule has 0 spiro atoms. The first-order valence-electron chi connectivity index (χ1n) is 6.26. The molecule has 0 saturated carbocycles. The van der Waals surface area contributed by atoms with Crippen LogP contribution in [0.25, 0.3) is 0 Å². The summed E-state index contributed by atoms with van der Waals surface area (Å²) in [5, 5.41) is 4.11. The number of aryl methyl sites for hydroxylation is 1. The Kier molecular flexibility index (Phi) is 4.02. The summed E-state index contributed by atoms with van der Waals surface area (Å²) < 4.78 is 19.5. The van der Waals surface area contributed by atoms with E-state index in [2.05, 4.69) is 5.10 Å². The number of hydrogen-bond donors (Lipinski definition) is 1. The molecule has 0 fully saturated rings. The average molecular weight is 277 g/mol. The molecule has 2 aromatic rings. The Morgan fingerprint density at radius 2 is 2.25 bits per heavy atom. The number of carbonyl (C=O) groups excluding carboxylic acids is 1. The predicted octanol–water partition coefficient (Wildman–Crippen LogP) is 2.14. The summed E-state index contributed by atoms with van der Waals surface area (Å²) in [6.07, 6.45) is 1.56. The highest BCUT2D eigenvalue weighted by molar-refractivity contribution is 5.92. The van der Waals surface area contributed by atoms with Crippen LogP contribution in [0.3, 0.4) is 0 Å². The van der Waals surface area contributed by atoms with E-state index in [1.54, 1.807) is 23.9 Å². The van der Waals surface area contributed by atoms with Crippen LogP contribution in [0.15, 0.2) is 24.4 Å². The number of ether oxygens (including phenoxy) is 1. The average Bonchev–Trinajstić information content (AvgIpc) is 2.74. The van der Waals surface area contributed by atoms with Gasteiger partial charge in [-0.3, -0.25) is 4.68 Å². The fraction of sp³-hybridized carbons (Fsp3) is 0.286. The lowest BCUT2D eigenvalue weighted by Crippen LogP contribution is -2.09. The normalized spacial score (nSPS) is 10.6. The fourth-order valence-corrected chi connectivity index (χ4v) is 1.89. The van der Waals surface area contributed by atoms with Crippen LogP contribution in [0.2, 0.25) is 0 Å². The van der Waals surface area contributed by atoms with Crippen molar-refractivity contribution in [2.45, 2.75) is 20.4 Å². The topological polar surface area (TPSA) is 70.1 Å². The van der Waals surface area contributed by atoms with Gasteiger partial charge in [-0.2, -0.15) is 5.10 Å². The van der Waals surface area contributed by atoms with Gasteiger partial charge in [-0.1, -0.05) is 6.07 Å². The van der Waals surface area contributed by atoms with Crippen LogP contribution in [-0.4, -0.2) is 22.4 Å². The van der Waals surface area contributed by atoms with E-state index in [9.17, 15) is 9.18 Å². The molecule has 0 saturated heterocycles. The monoisotopic (exact) mass is 277 g/mol. The number of aromatic nitrogens is 2. The van der Waals surface area contributed by atoms with Gasteiger partial charge in [0, 0.05) is 6.20 Å². The van der Waals surface area contributed by atoms with Gasteiger partial charge < -0.3 is 10.5 Å². The molecule has 5 nitrogen and oxygen atoms in total. The highest BCUT2D eigenvalue weighted by Crippen LogP contribution is 2.15. The molecule has 2 N–H and O–H groups in total. The molecule has 0 aliphatic carbocycles. The molecular weight excluding hydrogens is 261 g/mol. The first kappa shape index (κ1) is 14.0. The van der Waals surface area contributed by atoms with Gasteiger partial charge in [-0.25, -0.2) is 9.18 Å². The fourth-order valence-electron chi connectivity index (χ4n) is 1.89. The second-order valence-corrected chi connectivity index (χ2v) is 4.42. The third-order valence-electron chi connectivity index (χ3n) is 2.90. The van der Waals surface area contributed by atoms with Crippen molar-refractivity contribution in [3.63, 3.8) is 0 Å². The van der Waals surface area contributed by atoms with Crippen LogP contribution in [-0.2, 0) is 11.3 Å². The van der Waals surface area contributed by atoms with E-state index in [1.165, 1.54) is 12.1 Å². The van der Waals surface area contributed by atoms with Gasteiger partial charge in [0.2, 0.25) is 0 Å². The van der Waals surface area contributed by atoms with E-state index in [0.717, 1.165) is 11.1 Å². The van der Waals surface area contributed by atoms with E-state index in [4.69, 9.17) is 10.5 Å². The molecule has 0 bridgehead atoms. The molecule has 0 aliphatic rings. The molecule has 0 radical (unpaired) electrons. The van der Waals surface area contributed by atoms with Gasteiger partial charge in [-0.15, -0.1) is 0 Å². The van der Waals surface area contributed by atoms with Crippen LogP contribution in [0.5, 0.6) is 0 Å². The van der Waals surface area contributed by atoms with Crippen molar-refractivity contribution in [2.75, 3.05) is 12.3 Å². The first-order valence-corrected chi connectivity index (χ1v) is 6.26. The molecule has 0 aliphatic heterocycles. The van der Waals surface area contributed by atoms with Crippen LogP contribution < -0.4 is 5.73 Å². The predicted molar refractivity (Wildman–Crippen MR) is 72.8 cm³/mol. The summed E-state index contributed by atoms with van der Waals surface area (Å²) in [7, 11) is 0. The van der Waals surface area contributed by atoms with Crippen molar-refractivity contribution >= 4 is 11.7 Å². The zero-order chi connectivity index (χ0) is 14.7. The molecule has 1 aromatic carbocycles. The Morgan fingerprint density at radius 3 is 2.90 bits per heavy atom. The third kappa shape index (κ3) is 2.96. The lowest BCUT2D eigenvalue weighted by molar-refractivity contribution is 0.0519. The zero-order valence-corrected chi connectivity index (χ0v) is 11.4. The second kappa shape index (κ2) is 5.73. The molecule has 106 valence electrons. The molecule has 2 rings (SSSR count). The maximum Gasteiger partial charge on any atom is 0.361 e. The summed E-state index contributed by atoms with van der Waals surface area (Å²) in [6.45, 7) is 4.21. The maximum atomic E-state index is 13.0. The number of anilines is 1. The Labute approximate surface area is 116 Å². The lowest BCUT2D eigenvalue weighted by atomic mass is 10.1. The molecule has 0 unspecified atom stereocenters. The summed E-state index contributed by atoms with van der Waals surface area (Å²) in [4.78, 5) is 11.6. The molecule has 0 atom stereocenters. The standard InChI is InChI=1S/C14H16FN3O2/c1-3-20-14(19)13-12(16)8-18(17-13)7-10-4-5-11(15)6-9(10)2/h4-6,8H,3,7,16H2,1-2H3. The van der Waals surface area contributed by atoms with Crippen molar-refractivity contribution in [2.24, 2.45) is 0 Å². The largest absolute Gasteiger partial charge is 0.461 e. The van der Waals surface area contributed by atoms with Gasteiger partial charge in [0.1, 0.15) is 5.82 Å². The quantitative estimate of drug-likeness (QED) is 0.869. The number of hydrogen-bond acceptors (Lipinski definition) is 4. The van der Waals surface area contributed by atoms with Crippen LogP contribution in [0.1, 0.15) is 28.5 Å². The number of carbonyl (C=O) groups is 1. The summed E-state index contributed by atoms with van der Waals surface area (Å²) in [5.74, 6) is -0.821. The summed E-state index contributed by atoms with van der Waals surface area (Å²) in [5.41, 5.74) is 7.84. The SMILES string of the molecule is CCOC(=O)c1nn(Cc2ccc(F)cc2C)cc1N. The van der Waals surface area contributed by atoms with Gasteiger partial charge in [0.25, 0.3) is 0 Å². The Balaban J connectivity index is 2.22. The minimum Gasteiger partial charge on any atom is -0.461 e. The first-order chi connectivity index (χ1) is 9.51. The number of halogens is 1. The number of rotatable bonds is 4. The molecule has 0 amide bonds. The lowest BCUT2D eigenvalue weighted by Gasteiger charge is -2.05. The van der Waals surface area contributed by atoms with Crippen molar-refractivity contribution in [3.05, 3.63) is 47.0 Å². The van der Waals surface area contributed by atoms with Crippen molar-refractivity contribution in [1.82, 2.24) is 9.78 Å². The minimum absolute atomic E-state index is 0.103. The van der Waals surface area contributed by atoms with Crippen LogP contribution >= 0.6 is 0 Å². The molecule has 6 heteroatoms. The Hall–Kier alpha value is -2.37. The van der Waals surface area contributed by atoms with E-state index >= 15 is 0 Å². The minimum atomic E-state index is -0.542. The van der Waals surface area contributed by atoms with Gasteiger partial charge >= 0.3 is 5.97 Å². The van der Waals surface area contributed by atoms with E-state index in [1.807, 2.05) is 6.92 Å². The Morgan fingerprint density at radius 1 is 1.50 bits per heavy atom. The van der Waals surface area contributed by atoms with E-state index in [-0.39, 0.29) is 23.8 Å². The highest BCUT2D eigenvalue weighted by Gasteiger charge is 2.16. The molecule has 20 heavy (non-hydrogen) atoms. The zero-order valence-electron chi connectivity index (χ0n) is 11.4. The number of esters is 1. The molecule has 1 heterocycles. The Bertz CT molecular complexity index is 637. The van der Waals surface area contributed by atoms with Crippen LogP contribution in [0.4, 0.5) is 10.1 Å². The summed E-state index contributed by atoms with van der Waals surface area (Å²) >= 11 is 0. The third-order valence-corrected chi connectivity index (χ3v) is 2.90. The number of nitrogens with two attached hydrogens (primary N) is 1. The maximum absolute atomic E-state index is 13.0. The van der Waals surface area contributed by atoms with Gasteiger partial charge in [0.05, 0.1) is 18.8 Å². The van der Waals surface area contributed by atoms with Crippen molar-refractivity contribution in [1.29, 1.82) is 0 Å². The van der Waals surface area contributed by atoms with Crippen molar-refractivity contribution in [3.8, 4) is 0 Å². The second-order valence-electron chi connectivity index (χ2n) is 4.42. The van der Waals surface area contributed by atoms with E-state index < -0.39 is 5.97 Å². The molecular formula is C14H16FN3O2. The van der Waals surface area contributed by atoms with Gasteiger partial charge in [-0.05, 0) is 37.1 Å². The number of nitrogen functional groups attached to an aromatic ring is 1. The van der Waals surface area contributed by atoms with E-state index in [0.29, 0.717) is 6.54 Å². The summed E-state index contributed by atoms with van der Waals surface area (Å²) in [6, 6.07) is 4.53. The van der Waals surface area contributed by atoms with Crippen molar-refractivity contribution < 1.29 is 13.9 Å². The van der Waals surface area contributed by atoms with Crippen LogP contribution in [0, 0.1) is 12.7 Å². The highest BCUT2D eigenvalue weighted by atomic mass is 19.1. The smallest absolute Gasteiger partial charge is 0.361 e.